The molecule has 0 saturated heterocycles. The van der Waals surface area contributed by atoms with E-state index in [2.05, 4.69) is 10.0 Å². The van der Waals surface area contributed by atoms with E-state index in [-0.39, 0.29) is 34.3 Å². The summed E-state index contributed by atoms with van der Waals surface area (Å²) in [4.78, 5) is -0.0687. The predicted molar refractivity (Wildman–Crippen MR) is 126 cm³/mol. The third kappa shape index (κ3) is 4.50. The summed E-state index contributed by atoms with van der Waals surface area (Å²) in [7, 11) is -4.18. The quantitative estimate of drug-likeness (QED) is 0.283. The molecule has 5 rings (SSSR count). The van der Waals surface area contributed by atoms with E-state index in [1.54, 1.807) is 24.3 Å². The second-order valence-electron chi connectivity index (χ2n) is 8.57. The van der Waals surface area contributed by atoms with Gasteiger partial charge in [0.05, 0.1) is 21.5 Å². The van der Waals surface area contributed by atoms with Crippen molar-refractivity contribution in [2.24, 2.45) is 5.92 Å². The highest BCUT2D eigenvalue weighted by atomic mass is 35.5. The van der Waals surface area contributed by atoms with E-state index in [1.165, 1.54) is 24.3 Å². The van der Waals surface area contributed by atoms with Crippen LogP contribution in [0.4, 0.5) is 28.9 Å². The van der Waals surface area contributed by atoms with Gasteiger partial charge in [-0.25, -0.2) is 12.8 Å². The third-order valence-corrected chi connectivity index (χ3v) is 8.11. The van der Waals surface area contributed by atoms with Crippen LogP contribution >= 0.6 is 11.6 Å². The largest absolute Gasteiger partial charge is 0.417 e. The summed E-state index contributed by atoms with van der Waals surface area (Å²) in [6.45, 7) is 0. The monoisotopic (exact) mass is 522 g/mol. The van der Waals surface area contributed by atoms with Gasteiger partial charge in [0.1, 0.15) is 5.82 Å². The molecule has 10 heteroatoms. The highest BCUT2D eigenvalue weighted by Gasteiger charge is 2.38. The molecule has 0 unspecified atom stereocenters. The van der Waals surface area contributed by atoms with Gasteiger partial charge >= 0.3 is 6.18 Å². The first-order valence-electron chi connectivity index (χ1n) is 10.7. The second kappa shape index (κ2) is 8.57. The van der Waals surface area contributed by atoms with Gasteiger partial charge in [-0.15, -0.1) is 0 Å². The number of rotatable bonds is 4. The van der Waals surface area contributed by atoms with Gasteiger partial charge in [0.15, 0.2) is 0 Å². The van der Waals surface area contributed by atoms with Crippen molar-refractivity contribution >= 4 is 33.0 Å². The van der Waals surface area contributed by atoms with E-state index in [0.717, 1.165) is 29.3 Å². The van der Waals surface area contributed by atoms with Gasteiger partial charge in [-0.05, 0) is 72.0 Å². The first-order chi connectivity index (χ1) is 16.5. The van der Waals surface area contributed by atoms with Crippen molar-refractivity contribution in [3.63, 3.8) is 0 Å². The van der Waals surface area contributed by atoms with E-state index < -0.39 is 26.8 Å². The van der Waals surface area contributed by atoms with Crippen molar-refractivity contribution in [2.75, 3.05) is 10.0 Å². The van der Waals surface area contributed by atoms with Gasteiger partial charge in [-0.2, -0.15) is 13.2 Å². The molecule has 182 valence electrons. The molecule has 0 saturated carbocycles. The Labute approximate surface area is 204 Å². The molecule has 1 heterocycles. The van der Waals surface area contributed by atoms with E-state index in [4.69, 9.17) is 11.6 Å². The lowest BCUT2D eigenvalue weighted by atomic mass is 9.77. The number of hydrogen-bond donors (Lipinski definition) is 2. The Hall–Kier alpha value is -3.04. The molecule has 2 N–H and O–H groups in total. The number of allylic oxidation sites excluding steroid dienone is 2. The Morgan fingerprint density at radius 1 is 1.00 bits per heavy atom. The molecule has 2 aliphatic rings. The number of halogens is 5. The van der Waals surface area contributed by atoms with Crippen LogP contribution in [0.5, 0.6) is 0 Å². The summed E-state index contributed by atoms with van der Waals surface area (Å²) in [5.41, 5.74) is 1.08. The second-order valence-corrected chi connectivity index (χ2v) is 10.7. The average Bonchev–Trinajstić information content (AvgIpc) is 3.29. The molecule has 1 aliphatic heterocycles. The molecule has 3 aromatic carbocycles. The normalized spacial score (nSPS) is 21.2. The van der Waals surface area contributed by atoms with Crippen LogP contribution in [-0.4, -0.2) is 8.42 Å². The van der Waals surface area contributed by atoms with Gasteiger partial charge in [0.25, 0.3) is 10.0 Å². The number of benzene rings is 3. The van der Waals surface area contributed by atoms with E-state index in [0.29, 0.717) is 6.07 Å². The topological polar surface area (TPSA) is 58.2 Å². The van der Waals surface area contributed by atoms with Crippen LogP contribution in [0, 0.1) is 11.7 Å². The highest BCUT2D eigenvalue weighted by Crippen LogP contribution is 2.50. The van der Waals surface area contributed by atoms with Gasteiger partial charge in [0.2, 0.25) is 0 Å². The Kier molecular flexibility index (Phi) is 5.80. The molecular formula is C25H19ClF4N2O2S. The van der Waals surface area contributed by atoms with Gasteiger partial charge < -0.3 is 5.32 Å². The Morgan fingerprint density at radius 3 is 2.46 bits per heavy atom. The average molecular weight is 523 g/mol. The molecule has 4 nitrogen and oxygen atoms in total. The van der Waals surface area contributed by atoms with Gasteiger partial charge in [-0.1, -0.05) is 35.9 Å². The maximum absolute atomic E-state index is 13.4. The maximum atomic E-state index is 13.4. The van der Waals surface area contributed by atoms with Crippen LogP contribution in [0.2, 0.25) is 5.02 Å². The van der Waals surface area contributed by atoms with Crippen molar-refractivity contribution in [1.29, 1.82) is 0 Å². The fourth-order valence-electron chi connectivity index (χ4n) is 4.76. The Balaban J connectivity index is 1.46. The van der Waals surface area contributed by atoms with E-state index >= 15 is 0 Å². The molecule has 0 aromatic heterocycles. The van der Waals surface area contributed by atoms with E-state index in [1.807, 2.05) is 12.2 Å². The van der Waals surface area contributed by atoms with Crippen molar-refractivity contribution in [1.82, 2.24) is 0 Å². The smallest absolute Gasteiger partial charge is 0.378 e. The first-order valence-corrected chi connectivity index (χ1v) is 12.6. The van der Waals surface area contributed by atoms with Crippen molar-refractivity contribution in [3.05, 3.63) is 100 Å². The summed E-state index contributed by atoms with van der Waals surface area (Å²) in [5.74, 6) is -0.287. The molecule has 0 bridgehead atoms. The van der Waals surface area contributed by atoms with Crippen LogP contribution in [0.25, 0.3) is 0 Å². The molecular weight excluding hydrogens is 504 g/mol. The predicted octanol–water partition coefficient (Wildman–Crippen LogP) is 7.13. The fraction of sp³-hybridized carbons (Fsp3) is 0.200. The first kappa shape index (κ1) is 23.7. The number of alkyl halides is 3. The minimum Gasteiger partial charge on any atom is -0.378 e. The van der Waals surface area contributed by atoms with E-state index in [9.17, 15) is 26.0 Å². The number of anilines is 2. The molecule has 3 atom stereocenters. The lowest BCUT2D eigenvalue weighted by Crippen LogP contribution is -2.29. The molecule has 0 fully saturated rings. The number of fused-ring (bicyclic) bond motifs is 3. The van der Waals surface area contributed by atoms with Crippen molar-refractivity contribution < 1.29 is 26.0 Å². The third-order valence-electron chi connectivity index (χ3n) is 6.40. The summed E-state index contributed by atoms with van der Waals surface area (Å²) in [6, 6.07) is 13.6. The zero-order chi connectivity index (χ0) is 25.0. The van der Waals surface area contributed by atoms with Crippen molar-refractivity contribution in [3.8, 4) is 0 Å². The minimum absolute atomic E-state index is 0.0659. The summed E-state index contributed by atoms with van der Waals surface area (Å²) >= 11 is 5.63. The van der Waals surface area contributed by atoms with Crippen LogP contribution in [-0.2, 0) is 16.2 Å². The Morgan fingerprint density at radius 2 is 1.74 bits per heavy atom. The summed E-state index contributed by atoms with van der Waals surface area (Å²) in [6.07, 6.45) is 0.105. The molecule has 1 aliphatic carbocycles. The van der Waals surface area contributed by atoms with Crippen LogP contribution in [0.3, 0.4) is 0 Å². The zero-order valence-electron chi connectivity index (χ0n) is 18.0. The zero-order valence-corrected chi connectivity index (χ0v) is 19.6. The van der Waals surface area contributed by atoms with Gasteiger partial charge in [0, 0.05) is 17.3 Å². The van der Waals surface area contributed by atoms with Crippen LogP contribution in [0.15, 0.2) is 77.7 Å². The Bertz CT molecular complexity index is 1420. The fourth-order valence-corrected chi connectivity index (χ4v) is 6.07. The molecule has 0 amide bonds. The number of sulfonamides is 1. The lowest BCUT2D eigenvalue weighted by molar-refractivity contribution is -0.137. The molecule has 3 aromatic rings. The molecule has 0 spiro atoms. The van der Waals surface area contributed by atoms with Crippen LogP contribution in [0.1, 0.15) is 35.1 Å². The number of hydrogen-bond acceptors (Lipinski definition) is 3. The molecule has 35 heavy (non-hydrogen) atoms. The van der Waals surface area contributed by atoms with Crippen molar-refractivity contribution in [2.45, 2.75) is 29.5 Å². The minimum atomic E-state index is -4.72. The summed E-state index contributed by atoms with van der Waals surface area (Å²) in [5, 5.41) is 2.93. The summed E-state index contributed by atoms with van der Waals surface area (Å²) < 4.78 is 81.3. The lowest BCUT2D eigenvalue weighted by Gasteiger charge is -2.37. The maximum Gasteiger partial charge on any atom is 0.417 e. The SMILES string of the molecule is O=S(=O)(Nc1ccc(Cl)c(C(F)(F)F)c1)c1ccc2c(c1)[C@H]1C=CC[C@H]1[C@@H](c1ccc(F)cc1)N2. The number of nitrogens with one attached hydrogen (secondary N) is 2. The standard InChI is InChI=1S/C25H19ClF4N2O2S/c26-22-10-8-16(12-21(22)25(28,29)30)32-35(33,34)17-9-11-23-20(13-17)18-2-1-3-19(18)24(31-23)14-4-6-15(27)7-5-14/h1-2,4-13,18-19,24,31-32H,3H2/t18-,19+,24+/m0/s1. The molecule has 0 radical (unpaired) electrons. The van der Waals surface area contributed by atoms with Gasteiger partial charge in [-0.3, -0.25) is 4.72 Å². The van der Waals surface area contributed by atoms with Crippen LogP contribution < -0.4 is 10.0 Å². The highest BCUT2D eigenvalue weighted by molar-refractivity contribution is 7.92.